The molecule has 0 atom stereocenters. The summed E-state index contributed by atoms with van der Waals surface area (Å²) in [5.41, 5.74) is 0. The highest BCUT2D eigenvalue weighted by Crippen LogP contribution is 2.10. The minimum atomic E-state index is 1.07. The lowest BCUT2D eigenvalue weighted by molar-refractivity contribution is 0.566. The van der Waals surface area contributed by atoms with Gasteiger partial charge in [0.05, 0.1) is 0 Å². The Morgan fingerprint density at radius 1 is 0.647 bits per heavy atom. The summed E-state index contributed by atoms with van der Waals surface area (Å²) in [5, 5.41) is 0. The molecular formula is C17H33. The zero-order valence-electron chi connectivity index (χ0n) is 12.1. The smallest absolute Gasteiger partial charge is 0.0351 e. The first kappa shape index (κ1) is 16.7. The van der Waals surface area contributed by atoms with Gasteiger partial charge in [0.25, 0.3) is 0 Å². The number of hydrogen-bond acceptors (Lipinski definition) is 0. The van der Waals surface area contributed by atoms with Crippen LogP contribution in [0.2, 0.25) is 0 Å². The summed E-state index contributed by atoms with van der Waals surface area (Å²) in [4.78, 5) is 0. The summed E-state index contributed by atoms with van der Waals surface area (Å²) < 4.78 is 0. The van der Waals surface area contributed by atoms with Gasteiger partial charge in [-0.3, -0.25) is 0 Å². The topological polar surface area (TPSA) is 0 Å². The molecule has 0 aliphatic carbocycles. The molecule has 101 valence electrons. The zero-order chi connectivity index (χ0) is 12.6. The molecule has 0 aliphatic rings. The molecule has 0 aromatic rings. The SMILES string of the molecule is [CH2]CCC/C=C/CCCCCCCCCCC. The predicted molar refractivity (Wildman–Crippen MR) is 80.2 cm³/mol. The first-order valence-electron chi connectivity index (χ1n) is 7.86. The molecule has 0 saturated carbocycles. The van der Waals surface area contributed by atoms with Gasteiger partial charge in [-0.25, -0.2) is 0 Å². The summed E-state index contributed by atoms with van der Waals surface area (Å²) in [5.74, 6) is 0. The van der Waals surface area contributed by atoms with E-state index in [4.69, 9.17) is 0 Å². The van der Waals surface area contributed by atoms with Crippen LogP contribution in [0.5, 0.6) is 0 Å². The Bertz CT molecular complexity index is 146. The van der Waals surface area contributed by atoms with Crippen molar-refractivity contribution in [3.8, 4) is 0 Å². The normalized spacial score (nSPS) is 11.4. The van der Waals surface area contributed by atoms with Gasteiger partial charge in [0, 0.05) is 0 Å². The molecule has 0 aliphatic heterocycles. The van der Waals surface area contributed by atoms with Gasteiger partial charge in [-0.1, -0.05) is 83.8 Å². The number of allylic oxidation sites excluding steroid dienone is 2. The van der Waals surface area contributed by atoms with E-state index in [1.165, 1.54) is 77.0 Å². The Kier molecular flexibility index (Phi) is 15.5. The van der Waals surface area contributed by atoms with Crippen molar-refractivity contribution in [2.75, 3.05) is 0 Å². The van der Waals surface area contributed by atoms with Crippen LogP contribution >= 0.6 is 0 Å². The van der Waals surface area contributed by atoms with Crippen molar-refractivity contribution in [3.05, 3.63) is 19.1 Å². The molecule has 1 radical (unpaired) electrons. The van der Waals surface area contributed by atoms with Gasteiger partial charge in [0.2, 0.25) is 0 Å². The van der Waals surface area contributed by atoms with Gasteiger partial charge in [0.15, 0.2) is 0 Å². The van der Waals surface area contributed by atoms with Crippen molar-refractivity contribution in [2.45, 2.75) is 90.4 Å². The van der Waals surface area contributed by atoms with Crippen LogP contribution < -0.4 is 0 Å². The fourth-order valence-electron chi connectivity index (χ4n) is 2.07. The van der Waals surface area contributed by atoms with Crippen molar-refractivity contribution in [3.63, 3.8) is 0 Å². The zero-order valence-corrected chi connectivity index (χ0v) is 12.1. The third-order valence-electron chi connectivity index (χ3n) is 3.26. The molecule has 0 rings (SSSR count). The molecule has 0 saturated heterocycles. The third-order valence-corrected chi connectivity index (χ3v) is 3.26. The van der Waals surface area contributed by atoms with Crippen molar-refractivity contribution in [1.82, 2.24) is 0 Å². The van der Waals surface area contributed by atoms with Gasteiger partial charge in [0.1, 0.15) is 0 Å². The average Bonchev–Trinajstić information content (AvgIpc) is 2.35. The van der Waals surface area contributed by atoms with Crippen molar-refractivity contribution >= 4 is 0 Å². The highest BCUT2D eigenvalue weighted by Gasteiger charge is 1.91. The highest BCUT2D eigenvalue weighted by atomic mass is 14.0. The maximum atomic E-state index is 3.85. The van der Waals surface area contributed by atoms with E-state index < -0.39 is 0 Å². The Labute approximate surface area is 110 Å². The lowest BCUT2D eigenvalue weighted by atomic mass is 10.1. The van der Waals surface area contributed by atoms with Gasteiger partial charge < -0.3 is 0 Å². The summed E-state index contributed by atoms with van der Waals surface area (Å²) in [6.07, 6.45) is 22.4. The summed E-state index contributed by atoms with van der Waals surface area (Å²) in [7, 11) is 0. The maximum absolute atomic E-state index is 3.85. The molecule has 0 unspecified atom stereocenters. The third kappa shape index (κ3) is 15.7. The summed E-state index contributed by atoms with van der Waals surface area (Å²) in [6, 6.07) is 0. The van der Waals surface area contributed by atoms with Crippen LogP contribution in [0.25, 0.3) is 0 Å². The second-order valence-electron chi connectivity index (χ2n) is 5.08. The summed E-state index contributed by atoms with van der Waals surface area (Å²) in [6.45, 7) is 6.13. The lowest BCUT2D eigenvalue weighted by Crippen LogP contribution is -1.80. The van der Waals surface area contributed by atoms with Crippen LogP contribution in [-0.4, -0.2) is 0 Å². The monoisotopic (exact) mass is 237 g/mol. The average molecular weight is 237 g/mol. The Hall–Kier alpha value is -0.260. The van der Waals surface area contributed by atoms with Crippen molar-refractivity contribution in [1.29, 1.82) is 0 Å². The Balaban J connectivity index is 2.96. The molecule has 0 heterocycles. The molecule has 0 bridgehead atoms. The highest BCUT2D eigenvalue weighted by molar-refractivity contribution is 4.81. The molecular weight excluding hydrogens is 204 g/mol. The number of unbranched alkanes of at least 4 members (excludes halogenated alkanes) is 11. The van der Waals surface area contributed by atoms with Crippen molar-refractivity contribution < 1.29 is 0 Å². The van der Waals surface area contributed by atoms with E-state index in [1.807, 2.05) is 0 Å². The predicted octanol–water partition coefficient (Wildman–Crippen LogP) is 6.47. The maximum Gasteiger partial charge on any atom is -0.0351 e. The van der Waals surface area contributed by atoms with Crippen molar-refractivity contribution in [2.24, 2.45) is 0 Å². The van der Waals surface area contributed by atoms with E-state index in [-0.39, 0.29) is 0 Å². The molecule has 0 aromatic carbocycles. The van der Waals surface area contributed by atoms with E-state index in [2.05, 4.69) is 26.0 Å². The Morgan fingerprint density at radius 2 is 1.12 bits per heavy atom. The van der Waals surface area contributed by atoms with Crippen LogP contribution in [-0.2, 0) is 0 Å². The van der Waals surface area contributed by atoms with E-state index >= 15 is 0 Å². The molecule has 0 heteroatoms. The molecule has 0 spiro atoms. The standard InChI is InChI=1S/C17H33/c1-3-5-7-9-11-13-15-17-16-14-12-10-8-6-4-2/h9,11H,1,3-8,10,12-17H2,2H3/b11-9+. The van der Waals surface area contributed by atoms with Gasteiger partial charge >= 0.3 is 0 Å². The fourth-order valence-corrected chi connectivity index (χ4v) is 2.07. The first-order valence-corrected chi connectivity index (χ1v) is 7.86. The van der Waals surface area contributed by atoms with Gasteiger partial charge in [-0.15, -0.1) is 0 Å². The molecule has 0 fully saturated rings. The second-order valence-corrected chi connectivity index (χ2v) is 5.08. The van der Waals surface area contributed by atoms with E-state index in [1.54, 1.807) is 0 Å². The van der Waals surface area contributed by atoms with Crippen LogP contribution in [0, 0.1) is 6.92 Å². The lowest BCUT2D eigenvalue weighted by Gasteiger charge is -2.00. The molecule has 0 N–H and O–H groups in total. The van der Waals surface area contributed by atoms with Gasteiger partial charge in [-0.2, -0.15) is 0 Å². The molecule has 17 heavy (non-hydrogen) atoms. The minimum absolute atomic E-state index is 1.07. The largest absolute Gasteiger partial charge is 0.0885 e. The quantitative estimate of drug-likeness (QED) is 0.254. The van der Waals surface area contributed by atoms with E-state index in [0.29, 0.717) is 0 Å². The minimum Gasteiger partial charge on any atom is -0.0885 e. The van der Waals surface area contributed by atoms with Crippen LogP contribution in [0.1, 0.15) is 90.4 Å². The first-order chi connectivity index (χ1) is 8.41. The summed E-state index contributed by atoms with van der Waals surface area (Å²) >= 11 is 0. The number of rotatable bonds is 13. The molecule has 0 nitrogen and oxygen atoms in total. The Morgan fingerprint density at radius 3 is 1.65 bits per heavy atom. The fraction of sp³-hybridized carbons (Fsp3) is 0.824. The van der Waals surface area contributed by atoms with Crippen LogP contribution in [0.3, 0.4) is 0 Å². The molecule has 0 amide bonds. The van der Waals surface area contributed by atoms with E-state index in [0.717, 1.165) is 6.42 Å². The second kappa shape index (κ2) is 15.7. The van der Waals surface area contributed by atoms with Gasteiger partial charge in [-0.05, 0) is 25.7 Å². The molecule has 0 aromatic heterocycles. The number of hydrogen-bond donors (Lipinski definition) is 0. The van der Waals surface area contributed by atoms with Crippen LogP contribution in [0.4, 0.5) is 0 Å². The van der Waals surface area contributed by atoms with E-state index in [9.17, 15) is 0 Å². The van der Waals surface area contributed by atoms with Crippen LogP contribution in [0.15, 0.2) is 12.2 Å².